The van der Waals surface area contributed by atoms with Crippen LogP contribution in [0.2, 0.25) is 0 Å². The molecule has 5 rings (SSSR count). The van der Waals surface area contributed by atoms with E-state index < -0.39 is 0 Å². The number of rotatable bonds is 5. The lowest BCUT2D eigenvalue weighted by molar-refractivity contribution is 0.0708. The molecule has 0 radical (unpaired) electrons. The number of hydrogen-bond acceptors (Lipinski definition) is 6. The molecule has 0 saturated heterocycles. The Morgan fingerprint density at radius 3 is 2.68 bits per heavy atom. The first-order valence-corrected chi connectivity index (χ1v) is 12.1. The second-order valence-corrected chi connectivity index (χ2v) is 9.99. The van der Waals surface area contributed by atoms with Crippen molar-refractivity contribution < 1.29 is 4.79 Å². The topological polar surface area (TPSA) is 63.9 Å². The highest BCUT2D eigenvalue weighted by molar-refractivity contribution is 7.13. The molecule has 0 atom stereocenters. The fraction of sp³-hybridized carbons (Fsp3) is 0.304. The Kier molecular flexibility index (Phi) is 5.41. The van der Waals surface area contributed by atoms with E-state index in [1.807, 2.05) is 35.2 Å². The average Bonchev–Trinajstić information content (AvgIpc) is 3.53. The molecular weight excluding hydrogens is 426 g/mol. The van der Waals surface area contributed by atoms with Crippen LogP contribution in [0.3, 0.4) is 0 Å². The van der Waals surface area contributed by atoms with E-state index >= 15 is 0 Å². The van der Waals surface area contributed by atoms with Crippen LogP contribution in [0, 0.1) is 5.92 Å². The lowest BCUT2D eigenvalue weighted by Crippen LogP contribution is -2.38. The smallest absolute Gasteiger partial charge is 0.254 e. The van der Waals surface area contributed by atoms with Crippen molar-refractivity contribution >= 4 is 28.6 Å². The first-order chi connectivity index (χ1) is 15.1. The molecule has 4 aromatic rings. The van der Waals surface area contributed by atoms with Crippen molar-refractivity contribution in [2.24, 2.45) is 5.92 Å². The highest BCUT2D eigenvalue weighted by Gasteiger charge is 2.26. The fourth-order valence-corrected chi connectivity index (χ4v) is 5.50. The number of amides is 1. The predicted molar refractivity (Wildman–Crippen MR) is 124 cm³/mol. The molecule has 158 valence electrons. The van der Waals surface area contributed by atoms with Crippen LogP contribution in [0.15, 0.2) is 47.2 Å². The van der Waals surface area contributed by atoms with Crippen LogP contribution in [0.25, 0.3) is 22.0 Å². The summed E-state index contributed by atoms with van der Waals surface area (Å²) >= 11 is 3.37. The van der Waals surface area contributed by atoms with Gasteiger partial charge < -0.3 is 9.47 Å². The molecular formula is C23H23N5OS2. The minimum absolute atomic E-state index is 0.0291. The van der Waals surface area contributed by atoms with E-state index in [4.69, 9.17) is 4.98 Å². The summed E-state index contributed by atoms with van der Waals surface area (Å²) in [5, 5.41) is 14.0. The third kappa shape index (κ3) is 4.05. The van der Waals surface area contributed by atoms with Gasteiger partial charge in [0, 0.05) is 35.3 Å². The van der Waals surface area contributed by atoms with E-state index in [0.29, 0.717) is 31.1 Å². The lowest BCUT2D eigenvalue weighted by atomic mass is 10.1. The van der Waals surface area contributed by atoms with Crippen molar-refractivity contribution in [1.82, 2.24) is 24.6 Å². The first kappa shape index (κ1) is 20.1. The molecule has 0 bridgehead atoms. The predicted octanol–water partition coefficient (Wildman–Crippen LogP) is 4.98. The summed E-state index contributed by atoms with van der Waals surface area (Å²) in [7, 11) is 0. The summed E-state index contributed by atoms with van der Waals surface area (Å²) in [6, 6.07) is 12.0. The Balaban J connectivity index is 1.31. The van der Waals surface area contributed by atoms with E-state index in [0.717, 1.165) is 34.3 Å². The second-order valence-electron chi connectivity index (χ2n) is 8.10. The molecule has 0 fully saturated rings. The van der Waals surface area contributed by atoms with Crippen LogP contribution < -0.4 is 0 Å². The van der Waals surface area contributed by atoms with E-state index in [-0.39, 0.29) is 5.91 Å². The third-order valence-corrected chi connectivity index (χ3v) is 7.13. The Labute approximate surface area is 189 Å². The van der Waals surface area contributed by atoms with Gasteiger partial charge in [0.2, 0.25) is 0 Å². The highest BCUT2D eigenvalue weighted by atomic mass is 32.1. The van der Waals surface area contributed by atoms with Gasteiger partial charge in [-0.3, -0.25) is 4.79 Å². The Morgan fingerprint density at radius 1 is 1.10 bits per heavy atom. The van der Waals surface area contributed by atoms with Crippen molar-refractivity contribution in [3.05, 3.63) is 63.6 Å². The summed E-state index contributed by atoms with van der Waals surface area (Å²) < 4.78 is 2.10. The number of nitrogens with zero attached hydrogens (tertiary/aromatic N) is 5. The van der Waals surface area contributed by atoms with Crippen molar-refractivity contribution in [2.75, 3.05) is 6.54 Å². The minimum atomic E-state index is 0.0291. The van der Waals surface area contributed by atoms with Gasteiger partial charge in [0.25, 0.3) is 5.91 Å². The Hall–Kier alpha value is -2.84. The number of carbonyl (C=O) groups is 1. The van der Waals surface area contributed by atoms with Gasteiger partial charge in [-0.25, -0.2) is 4.98 Å². The zero-order valence-electron chi connectivity index (χ0n) is 17.5. The van der Waals surface area contributed by atoms with Gasteiger partial charge in [0.05, 0.1) is 11.6 Å². The van der Waals surface area contributed by atoms with Gasteiger partial charge in [0.1, 0.15) is 5.69 Å². The highest BCUT2D eigenvalue weighted by Crippen LogP contribution is 2.27. The van der Waals surface area contributed by atoms with Crippen molar-refractivity contribution in [2.45, 2.75) is 33.4 Å². The first-order valence-electron chi connectivity index (χ1n) is 10.4. The van der Waals surface area contributed by atoms with E-state index in [2.05, 4.69) is 45.4 Å². The lowest BCUT2D eigenvalue weighted by Gasteiger charge is -2.27. The number of thiophene rings is 1. The van der Waals surface area contributed by atoms with Crippen molar-refractivity contribution in [1.29, 1.82) is 0 Å². The number of benzene rings is 1. The summed E-state index contributed by atoms with van der Waals surface area (Å²) in [5.41, 5.74) is 2.71. The summed E-state index contributed by atoms with van der Waals surface area (Å²) in [5.74, 6) is 2.21. The van der Waals surface area contributed by atoms with E-state index in [1.165, 1.54) is 4.88 Å². The van der Waals surface area contributed by atoms with Crippen LogP contribution in [0.5, 0.6) is 0 Å². The SMILES string of the molecule is CC(C)Cc1nc(-c2nnc3n2CCN(C(=O)c2ccc(-c4cccs4)cc2)C3)cs1. The Morgan fingerprint density at radius 2 is 1.94 bits per heavy atom. The summed E-state index contributed by atoms with van der Waals surface area (Å²) in [6.07, 6.45) is 0.971. The third-order valence-electron chi connectivity index (χ3n) is 5.34. The quantitative estimate of drug-likeness (QED) is 0.431. The van der Waals surface area contributed by atoms with Gasteiger partial charge in [-0.2, -0.15) is 0 Å². The number of fused-ring (bicyclic) bond motifs is 1. The molecule has 0 spiro atoms. The molecule has 3 aromatic heterocycles. The zero-order valence-corrected chi connectivity index (χ0v) is 19.1. The molecule has 1 aromatic carbocycles. The molecule has 0 saturated carbocycles. The monoisotopic (exact) mass is 449 g/mol. The maximum atomic E-state index is 13.1. The number of aromatic nitrogens is 4. The molecule has 8 heteroatoms. The maximum absolute atomic E-state index is 13.1. The van der Waals surface area contributed by atoms with Crippen LogP contribution in [-0.2, 0) is 19.5 Å². The van der Waals surface area contributed by atoms with Crippen LogP contribution >= 0.6 is 22.7 Å². The van der Waals surface area contributed by atoms with Gasteiger partial charge in [-0.05, 0) is 35.1 Å². The van der Waals surface area contributed by atoms with E-state index in [9.17, 15) is 4.79 Å². The van der Waals surface area contributed by atoms with Crippen molar-refractivity contribution in [3.63, 3.8) is 0 Å². The zero-order chi connectivity index (χ0) is 21.4. The molecule has 1 amide bonds. The molecule has 0 unspecified atom stereocenters. The maximum Gasteiger partial charge on any atom is 0.254 e. The van der Waals surface area contributed by atoms with Gasteiger partial charge in [0.15, 0.2) is 11.6 Å². The molecule has 4 heterocycles. The number of carbonyl (C=O) groups excluding carboxylic acids is 1. The number of thiazole rings is 1. The van der Waals surface area contributed by atoms with Crippen LogP contribution in [0.1, 0.15) is 35.0 Å². The van der Waals surface area contributed by atoms with Crippen LogP contribution in [0.4, 0.5) is 0 Å². The van der Waals surface area contributed by atoms with Gasteiger partial charge in [-0.15, -0.1) is 32.9 Å². The van der Waals surface area contributed by atoms with Gasteiger partial charge >= 0.3 is 0 Å². The molecule has 0 N–H and O–H groups in total. The largest absolute Gasteiger partial charge is 0.329 e. The molecule has 1 aliphatic rings. The average molecular weight is 450 g/mol. The van der Waals surface area contributed by atoms with E-state index in [1.54, 1.807) is 22.7 Å². The second kappa shape index (κ2) is 8.36. The normalized spacial score (nSPS) is 13.6. The Bertz CT molecular complexity index is 1190. The molecule has 1 aliphatic heterocycles. The summed E-state index contributed by atoms with van der Waals surface area (Å²) in [6.45, 7) is 6.16. The number of hydrogen-bond donors (Lipinski definition) is 0. The van der Waals surface area contributed by atoms with Crippen LogP contribution in [-0.4, -0.2) is 37.1 Å². The van der Waals surface area contributed by atoms with Crippen molar-refractivity contribution in [3.8, 4) is 22.0 Å². The summed E-state index contributed by atoms with van der Waals surface area (Å²) in [4.78, 5) is 20.8. The molecule has 31 heavy (non-hydrogen) atoms. The molecule has 6 nitrogen and oxygen atoms in total. The standard InChI is InChI=1S/C23H23N5OS2/c1-15(2)12-21-24-18(14-31-21)22-26-25-20-13-27(9-10-28(20)22)23(29)17-7-5-16(6-8-17)19-4-3-11-30-19/h3-8,11,14-15H,9-10,12-13H2,1-2H3. The minimum Gasteiger partial charge on any atom is -0.329 e. The fourth-order valence-electron chi connectivity index (χ4n) is 3.78. The van der Waals surface area contributed by atoms with Gasteiger partial charge in [-0.1, -0.05) is 32.0 Å². The molecule has 0 aliphatic carbocycles.